The van der Waals surface area contributed by atoms with E-state index < -0.39 is 29.6 Å². The van der Waals surface area contributed by atoms with Crippen LogP contribution in [0.3, 0.4) is 0 Å². The number of piperidine rings is 1. The number of carbonyl (C=O) groups excluding carboxylic acids is 3. The van der Waals surface area contributed by atoms with Gasteiger partial charge in [0.2, 0.25) is 17.6 Å². The molecule has 1 aromatic carbocycles. The van der Waals surface area contributed by atoms with Crippen LogP contribution in [0.25, 0.3) is 11.3 Å². The number of halogens is 2. The zero-order valence-electron chi connectivity index (χ0n) is 28.5. The molecule has 1 aliphatic rings. The zero-order valence-corrected chi connectivity index (χ0v) is 30.0. The number of hydrogen-bond acceptors (Lipinski definition) is 8. The lowest BCUT2D eigenvalue weighted by Gasteiger charge is -2.32. The van der Waals surface area contributed by atoms with Gasteiger partial charge in [-0.25, -0.2) is 9.59 Å². The van der Waals surface area contributed by atoms with Crippen molar-refractivity contribution in [2.24, 2.45) is 13.0 Å². The second kappa shape index (κ2) is 16.0. The summed E-state index contributed by atoms with van der Waals surface area (Å²) >= 11 is 13.2. The first-order valence-electron chi connectivity index (χ1n) is 16.0. The molecule has 15 heteroatoms. The molecule has 1 atom stereocenters. The number of carboxylic acids is 1. The third-order valence-corrected chi connectivity index (χ3v) is 8.74. The molecule has 1 aliphatic heterocycles. The summed E-state index contributed by atoms with van der Waals surface area (Å²) in [7, 11) is 1.85. The molecule has 3 aromatic rings. The standard InChI is InChI=1S/C34H43Cl2N5O8/c1-19(2)15-24(38-33(46)49-34(3,4)5)31(43)37-17-28(42)41-13-11-20(12-14-41)25-16-23(39-40(25)6)22-8-10-26(30(36)29(22)35)47-18-21-7-9-27(48-21)32(44)45/h7-10,16,19-20,24H,11-15,17-18H2,1-6H3,(H,37,43)(H,38,46)(H,44,45)/t24-/m0/s1. The Bertz CT molecular complexity index is 1670. The minimum Gasteiger partial charge on any atom is -0.484 e. The molecule has 2 aromatic heterocycles. The van der Waals surface area contributed by atoms with E-state index in [2.05, 4.69) is 15.7 Å². The van der Waals surface area contributed by atoms with E-state index >= 15 is 0 Å². The number of alkyl carbamates (subject to hydrolysis) is 1. The van der Waals surface area contributed by atoms with E-state index in [1.54, 1.807) is 42.5 Å². The first kappa shape index (κ1) is 37.6. The number of carboxylic acid groups (broad SMARTS) is 1. The van der Waals surface area contributed by atoms with Crippen molar-refractivity contribution < 1.29 is 38.2 Å². The average Bonchev–Trinajstić information content (AvgIpc) is 3.66. The van der Waals surface area contributed by atoms with Crippen molar-refractivity contribution in [3.8, 4) is 17.0 Å². The van der Waals surface area contributed by atoms with Gasteiger partial charge in [-0.05, 0) is 76.3 Å². The normalized spacial score (nSPS) is 14.4. The topological polar surface area (TPSA) is 165 Å². The number of furan rings is 1. The quantitative estimate of drug-likeness (QED) is 0.203. The lowest BCUT2D eigenvalue weighted by molar-refractivity contribution is -0.134. The predicted octanol–water partition coefficient (Wildman–Crippen LogP) is 6.03. The molecule has 3 amide bonds. The maximum Gasteiger partial charge on any atom is 0.408 e. The molecule has 0 unspecified atom stereocenters. The van der Waals surface area contributed by atoms with Gasteiger partial charge >= 0.3 is 12.1 Å². The third kappa shape index (κ3) is 10.1. The van der Waals surface area contributed by atoms with E-state index in [9.17, 15) is 19.2 Å². The van der Waals surface area contributed by atoms with E-state index in [1.807, 2.05) is 27.0 Å². The highest BCUT2D eigenvalue weighted by Gasteiger charge is 2.29. The van der Waals surface area contributed by atoms with Crippen LogP contribution < -0.4 is 15.4 Å². The summed E-state index contributed by atoms with van der Waals surface area (Å²) in [5.74, 6) is -1.10. The summed E-state index contributed by atoms with van der Waals surface area (Å²) in [6.45, 7) is 9.93. The molecule has 0 radical (unpaired) electrons. The Kier molecular flexibility index (Phi) is 12.3. The van der Waals surface area contributed by atoms with Gasteiger partial charge in [0, 0.05) is 37.3 Å². The molecule has 0 bridgehead atoms. The van der Waals surface area contributed by atoms with Crippen molar-refractivity contribution in [3.05, 3.63) is 57.6 Å². The van der Waals surface area contributed by atoms with Crippen molar-refractivity contribution in [1.29, 1.82) is 0 Å². The van der Waals surface area contributed by atoms with E-state index in [4.69, 9.17) is 42.2 Å². The Morgan fingerprint density at radius 2 is 1.78 bits per heavy atom. The number of nitrogens with zero attached hydrogens (tertiary/aromatic N) is 3. The minimum absolute atomic E-state index is 0.0338. The number of rotatable bonds is 12. The lowest BCUT2D eigenvalue weighted by atomic mass is 9.92. The van der Waals surface area contributed by atoms with Crippen LogP contribution in [0.2, 0.25) is 10.0 Å². The molecule has 3 N–H and O–H groups in total. The lowest BCUT2D eigenvalue weighted by Crippen LogP contribution is -2.51. The van der Waals surface area contributed by atoms with Gasteiger partial charge in [-0.2, -0.15) is 5.10 Å². The van der Waals surface area contributed by atoms with Gasteiger partial charge in [0.25, 0.3) is 0 Å². The van der Waals surface area contributed by atoms with Crippen molar-refractivity contribution in [1.82, 2.24) is 25.3 Å². The predicted molar refractivity (Wildman–Crippen MR) is 183 cm³/mol. The first-order valence-corrected chi connectivity index (χ1v) is 16.8. The molecular weight excluding hydrogens is 677 g/mol. The number of aromatic carboxylic acids is 1. The van der Waals surface area contributed by atoms with E-state index in [0.717, 1.165) is 5.69 Å². The van der Waals surface area contributed by atoms with Crippen LogP contribution in [0.1, 0.15) is 81.8 Å². The molecule has 266 valence electrons. The Balaban J connectivity index is 1.32. The van der Waals surface area contributed by atoms with Gasteiger partial charge in [0.1, 0.15) is 34.8 Å². The van der Waals surface area contributed by atoms with Gasteiger partial charge in [-0.3, -0.25) is 14.3 Å². The Morgan fingerprint density at radius 3 is 2.39 bits per heavy atom. The Labute approximate surface area is 295 Å². The molecule has 0 spiro atoms. The number of ether oxygens (including phenoxy) is 2. The van der Waals surface area contributed by atoms with Crippen LogP contribution >= 0.6 is 23.2 Å². The fourth-order valence-corrected chi connectivity index (χ4v) is 6.00. The highest BCUT2D eigenvalue weighted by atomic mass is 35.5. The van der Waals surface area contributed by atoms with Crippen molar-refractivity contribution in [3.63, 3.8) is 0 Å². The van der Waals surface area contributed by atoms with E-state index in [0.29, 0.717) is 55.1 Å². The molecule has 13 nitrogen and oxygen atoms in total. The summed E-state index contributed by atoms with van der Waals surface area (Å²) in [4.78, 5) is 51.0. The molecule has 0 aliphatic carbocycles. The van der Waals surface area contributed by atoms with Gasteiger partial charge in [-0.1, -0.05) is 37.0 Å². The number of aryl methyl sites for hydroxylation is 1. The zero-order chi connectivity index (χ0) is 36.0. The number of benzene rings is 1. The first-order chi connectivity index (χ1) is 23.0. The van der Waals surface area contributed by atoms with Crippen LogP contribution in [-0.2, 0) is 28.0 Å². The maximum absolute atomic E-state index is 13.0. The molecular formula is C34H43Cl2N5O8. The van der Waals surface area contributed by atoms with Crippen LogP contribution in [0, 0.1) is 5.92 Å². The molecule has 0 saturated carbocycles. The van der Waals surface area contributed by atoms with Crippen molar-refractivity contribution >= 4 is 47.1 Å². The second-order valence-corrected chi connectivity index (χ2v) is 14.1. The largest absolute Gasteiger partial charge is 0.484 e. The molecule has 3 heterocycles. The fourth-order valence-electron chi connectivity index (χ4n) is 5.53. The number of hydrogen-bond donors (Lipinski definition) is 3. The summed E-state index contributed by atoms with van der Waals surface area (Å²) in [5, 5.41) is 19.5. The fraction of sp³-hybridized carbons (Fsp3) is 0.500. The summed E-state index contributed by atoms with van der Waals surface area (Å²) in [5.41, 5.74) is 1.53. The van der Waals surface area contributed by atoms with Crippen molar-refractivity contribution in [2.75, 3.05) is 19.6 Å². The second-order valence-electron chi connectivity index (χ2n) is 13.4. The Hall–Kier alpha value is -4.23. The smallest absolute Gasteiger partial charge is 0.408 e. The molecule has 4 rings (SSSR count). The SMILES string of the molecule is CC(C)C[C@H](NC(=O)OC(C)(C)C)C(=O)NCC(=O)N1CCC(c2cc(-c3ccc(OCc4ccc(C(=O)O)o4)c(Cl)c3Cl)nn2C)CC1. The third-order valence-electron chi connectivity index (χ3n) is 7.88. The van der Waals surface area contributed by atoms with Crippen LogP contribution in [-0.4, -0.2) is 74.9 Å². The van der Waals surface area contributed by atoms with E-state index in [1.165, 1.54) is 12.1 Å². The minimum atomic E-state index is -1.17. The van der Waals surface area contributed by atoms with Crippen LogP contribution in [0.15, 0.2) is 34.7 Å². The highest BCUT2D eigenvalue weighted by molar-refractivity contribution is 6.44. The van der Waals surface area contributed by atoms with Crippen LogP contribution in [0.5, 0.6) is 5.75 Å². The van der Waals surface area contributed by atoms with Gasteiger partial charge < -0.3 is 34.5 Å². The van der Waals surface area contributed by atoms with Crippen LogP contribution in [0.4, 0.5) is 4.79 Å². The van der Waals surface area contributed by atoms with Gasteiger partial charge in [0.15, 0.2) is 0 Å². The number of nitrogens with one attached hydrogen (secondary N) is 2. The number of carbonyl (C=O) groups is 4. The summed E-state index contributed by atoms with van der Waals surface area (Å²) in [6.07, 6.45) is 1.12. The Morgan fingerprint density at radius 1 is 1.08 bits per heavy atom. The summed E-state index contributed by atoms with van der Waals surface area (Å²) in [6, 6.07) is 7.42. The van der Waals surface area contributed by atoms with Gasteiger partial charge in [0.05, 0.1) is 17.3 Å². The molecule has 1 fully saturated rings. The number of amides is 3. The summed E-state index contributed by atoms with van der Waals surface area (Å²) < 4.78 is 18.0. The van der Waals surface area contributed by atoms with Gasteiger partial charge in [-0.15, -0.1) is 0 Å². The average molecular weight is 721 g/mol. The maximum atomic E-state index is 13.0. The monoisotopic (exact) mass is 719 g/mol. The number of likely N-dealkylation sites (tertiary alicyclic amines) is 1. The van der Waals surface area contributed by atoms with Crippen molar-refractivity contribution in [2.45, 2.75) is 78.0 Å². The highest BCUT2D eigenvalue weighted by Crippen LogP contribution is 2.40. The molecule has 1 saturated heterocycles. The van der Waals surface area contributed by atoms with E-state index in [-0.39, 0.29) is 46.7 Å². The molecule has 49 heavy (non-hydrogen) atoms. The number of aromatic nitrogens is 2.